The molecule has 5 rings (SSSR count). The van der Waals surface area contributed by atoms with Gasteiger partial charge < -0.3 is 15.0 Å². The number of ether oxygens (including phenoxy) is 1. The summed E-state index contributed by atoms with van der Waals surface area (Å²) in [7, 11) is 0. The lowest BCUT2D eigenvalue weighted by Gasteiger charge is -2.25. The third-order valence-electron chi connectivity index (χ3n) is 4.96. The van der Waals surface area contributed by atoms with Gasteiger partial charge in [0.2, 0.25) is 0 Å². The van der Waals surface area contributed by atoms with E-state index in [0.29, 0.717) is 35.9 Å². The summed E-state index contributed by atoms with van der Waals surface area (Å²) in [5.41, 5.74) is 4.11. The largest absolute Gasteiger partial charge is 0.378 e. The molecule has 0 bridgehead atoms. The van der Waals surface area contributed by atoms with Crippen molar-refractivity contribution in [3.05, 3.63) is 60.2 Å². The molecule has 31 heavy (non-hydrogen) atoms. The van der Waals surface area contributed by atoms with E-state index in [1.54, 1.807) is 29.8 Å². The number of nitrogens with one attached hydrogen (secondary N) is 1. The number of pyridine rings is 3. The number of hydrogen-bond acceptors (Lipinski definition) is 8. The van der Waals surface area contributed by atoms with E-state index in [4.69, 9.17) is 4.74 Å². The van der Waals surface area contributed by atoms with Gasteiger partial charge in [0, 0.05) is 30.5 Å². The Balaban J connectivity index is 1.35. The summed E-state index contributed by atoms with van der Waals surface area (Å²) in [6, 6.07) is 11.1. The van der Waals surface area contributed by atoms with E-state index in [-0.39, 0.29) is 5.91 Å². The highest BCUT2D eigenvalue weighted by atomic mass is 32.1. The van der Waals surface area contributed by atoms with Gasteiger partial charge in [0.1, 0.15) is 5.69 Å². The molecule has 1 saturated heterocycles. The third kappa shape index (κ3) is 4.23. The highest BCUT2D eigenvalue weighted by Crippen LogP contribution is 2.30. The molecule has 5 heterocycles. The van der Waals surface area contributed by atoms with E-state index in [2.05, 4.69) is 30.2 Å². The van der Waals surface area contributed by atoms with Crippen LogP contribution in [0.4, 0.5) is 10.8 Å². The molecule has 8 nitrogen and oxygen atoms in total. The van der Waals surface area contributed by atoms with Gasteiger partial charge in [-0.25, -0.2) is 9.97 Å². The van der Waals surface area contributed by atoms with E-state index in [0.717, 1.165) is 34.2 Å². The van der Waals surface area contributed by atoms with Gasteiger partial charge >= 0.3 is 0 Å². The molecule has 0 saturated carbocycles. The number of nitrogens with zero attached hydrogens (tertiary/aromatic N) is 5. The number of fused-ring (bicyclic) bond motifs is 1. The van der Waals surface area contributed by atoms with Crippen LogP contribution < -0.4 is 10.2 Å². The number of carbonyl (C=O) groups is 1. The van der Waals surface area contributed by atoms with Crippen molar-refractivity contribution in [3.8, 4) is 11.3 Å². The number of aromatic nitrogens is 4. The van der Waals surface area contributed by atoms with Crippen molar-refractivity contribution in [3.63, 3.8) is 0 Å². The molecule has 0 radical (unpaired) electrons. The van der Waals surface area contributed by atoms with Crippen molar-refractivity contribution in [1.82, 2.24) is 19.9 Å². The first kappa shape index (κ1) is 19.5. The van der Waals surface area contributed by atoms with Crippen molar-refractivity contribution in [2.24, 2.45) is 0 Å². The fourth-order valence-corrected chi connectivity index (χ4v) is 4.32. The molecule has 9 heteroatoms. The molecule has 1 fully saturated rings. The van der Waals surface area contributed by atoms with Crippen molar-refractivity contribution < 1.29 is 9.53 Å². The van der Waals surface area contributed by atoms with Gasteiger partial charge in [-0.05, 0) is 37.3 Å². The van der Waals surface area contributed by atoms with Crippen LogP contribution in [0, 0.1) is 6.92 Å². The molecular formula is C22H20N6O2S. The van der Waals surface area contributed by atoms with E-state index < -0.39 is 0 Å². The molecule has 0 unspecified atom stereocenters. The van der Waals surface area contributed by atoms with Crippen LogP contribution in [0.5, 0.6) is 0 Å². The summed E-state index contributed by atoms with van der Waals surface area (Å²) >= 11 is 1.56. The summed E-state index contributed by atoms with van der Waals surface area (Å²) in [5, 5.41) is 3.82. The van der Waals surface area contributed by atoms with Gasteiger partial charge in [-0.15, -0.1) is 0 Å². The summed E-state index contributed by atoms with van der Waals surface area (Å²) in [4.78, 5) is 32.8. The summed E-state index contributed by atoms with van der Waals surface area (Å²) in [6.45, 7) is 4.98. The molecule has 4 aromatic rings. The number of aryl methyl sites for hydroxylation is 1. The summed E-state index contributed by atoms with van der Waals surface area (Å²) in [6.07, 6.45) is 3.38. The van der Waals surface area contributed by atoms with E-state index in [9.17, 15) is 4.79 Å². The first-order valence-corrected chi connectivity index (χ1v) is 10.8. The van der Waals surface area contributed by atoms with Crippen molar-refractivity contribution >= 4 is 38.4 Å². The number of morpholine rings is 1. The van der Waals surface area contributed by atoms with Crippen LogP contribution in [0.25, 0.3) is 21.6 Å². The number of carbonyl (C=O) groups excluding carboxylic acids is 1. The molecule has 0 spiro atoms. The molecule has 1 N–H and O–H groups in total. The van der Waals surface area contributed by atoms with Crippen LogP contribution in [0.1, 0.15) is 16.2 Å². The minimum Gasteiger partial charge on any atom is -0.378 e. The Labute approximate surface area is 183 Å². The van der Waals surface area contributed by atoms with Crippen LogP contribution in [0.2, 0.25) is 0 Å². The maximum absolute atomic E-state index is 12.8. The molecule has 0 aliphatic carbocycles. The maximum atomic E-state index is 12.8. The Morgan fingerprint density at radius 3 is 2.77 bits per heavy atom. The van der Waals surface area contributed by atoms with Gasteiger partial charge in [0.25, 0.3) is 5.91 Å². The Morgan fingerprint density at radius 2 is 1.97 bits per heavy atom. The monoisotopic (exact) mass is 432 g/mol. The third-order valence-corrected chi connectivity index (χ3v) is 6.02. The standard InChI is InChI=1S/C22H20N6O2S/c1-14-5-6-15(12-23-14)17-3-2-4-18(26-17)21(29)25-16-11-19-20(24-13-16)27-22(31-19)28-7-9-30-10-8-28/h2-6,11-13H,7-10H2,1H3,(H,25,29). The quantitative estimate of drug-likeness (QED) is 0.527. The Hall–Kier alpha value is -3.43. The average Bonchev–Trinajstić information content (AvgIpc) is 3.24. The Morgan fingerprint density at radius 1 is 1.10 bits per heavy atom. The lowest BCUT2D eigenvalue weighted by atomic mass is 10.1. The topological polar surface area (TPSA) is 93.1 Å². The SMILES string of the molecule is Cc1ccc(-c2cccc(C(=O)Nc3cnc4nc(N5CCOCC5)sc4c3)n2)cn1. The second-order valence-electron chi connectivity index (χ2n) is 7.19. The predicted molar refractivity (Wildman–Crippen MR) is 121 cm³/mol. The highest BCUT2D eigenvalue weighted by molar-refractivity contribution is 7.22. The average molecular weight is 433 g/mol. The molecule has 4 aromatic heterocycles. The van der Waals surface area contributed by atoms with E-state index in [1.807, 2.05) is 37.3 Å². The van der Waals surface area contributed by atoms with Gasteiger partial charge in [0.05, 0.1) is 35.5 Å². The van der Waals surface area contributed by atoms with Crippen LogP contribution >= 0.6 is 11.3 Å². The summed E-state index contributed by atoms with van der Waals surface area (Å²) < 4.78 is 6.33. The van der Waals surface area contributed by atoms with Crippen LogP contribution in [-0.4, -0.2) is 52.1 Å². The lowest BCUT2D eigenvalue weighted by molar-refractivity contribution is 0.102. The Bertz CT molecular complexity index is 1230. The van der Waals surface area contributed by atoms with Gasteiger partial charge in [0.15, 0.2) is 10.8 Å². The molecule has 1 aliphatic rings. The highest BCUT2D eigenvalue weighted by Gasteiger charge is 2.17. The Kier molecular flexibility index (Phi) is 5.27. The number of hydrogen-bond donors (Lipinski definition) is 1. The molecule has 1 aliphatic heterocycles. The number of anilines is 2. The number of amides is 1. The normalized spacial score (nSPS) is 14.0. The van der Waals surface area contributed by atoms with Gasteiger partial charge in [-0.3, -0.25) is 9.78 Å². The fourth-order valence-electron chi connectivity index (χ4n) is 3.30. The van der Waals surface area contributed by atoms with E-state index >= 15 is 0 Å². The van der Waals surface area contributed by atoms with Gasteiger partial charge in [-0.1, -0.05) is 17.4 Å². The second-order valence-corrected chi connectivity index (χ2v) is 8.20. The zero-order valence-corrected chi connectivity index (χ0v) is 17.7. The molecule has 156 valence electrons. The zero-order valence-electron chi connectivity index (χ0n) is 16.9. The minimum atomic E-state index is -0.291. The first-order chi connectivity index (χ1) is 15.2. The maximum Gasteiger partial charge on any atom is 0.274 e. The van der Waals surface area contributed by atoms with Crippen LogP contribution in [0.3, 0.4) is 0 Å². The second kappa shape index (κ2) is 8.37. The van der Waals surface area contributed by atoms with Crippen molar-refractivity contribution in [2.45, 2.75) is 6.92 Å². The molecule has 1 amide bonds. The van der Waals surface area contributed by atoms with Crippen LogP contribution in [-0.2, 0) is 4.74 Å². The molecule has 0 atom stereocenters. The zero-order chi connectivity index (χ0) is 21.2. The predicted octanol–water partition coefficient (Wildman–Crippen LogP) is 3.55. The first-order valence-electron chi connectivity index (χ1n) is 9.96. The smallest absolute Gasteiger partial charge is 0.274 e. The van der Waals surface area contributed by atoms with Crippen molar-refractivity contribution in [1.29, 1.82) is 0 Å². The number of rotatable bonds is 4. The fraction of sp³-hybridized carbons (Fsp3) is 0.227. The van der Waals surface area contributed by atoms with Gasteiger partial charge in [-0.2, -0.15) is 4.98 Å². The minimum absolute atomic E-state index is 0.291. The van der Waals surface area contributed by atoms with E-state index in [1.165, 1.54) is 0 Å². The lowest BCUT2D eigenvalue weighted by Crippen LogP contribution is -2.36. The van der Waals surface area contributed by atoms with Crippen molar-refractivity contribution in [2.75, 3.05) is 36.5 Å². The number of thiazole rings is 1. The summed E-state index contributed by atoms with van der Waals surface area (Å²) in [5.74, 6) is -0.291. The molecular weight excluding hydrogens is 412 g/mol. The van der Waals surface area contributed by atoms with Crippen LogP contribution in [0.15, 0.2) is 48.8 Å². The molecule has 0 aromatic carbocycles.